The van der Waals surface area contributed by atoms with Crippen LogP contribution in [0.3, 0.4) is 0 Å². The summed E-state index contributed by atoms with van der Waals surface area (Å²) in [6, 6.07) is 4.37. The Morgan fingerprint density at radius 1 is 0.343 bits per heavy atom. The molecule has 67 heavy (non-hydrogen) atoms. The van der Waals surface area contributed by atoms with Crippen molar-refractivity contribution in [2.24, 2.45) is 0 Å². The van der Waals surface area contributed by atoms with Crippen LogP contribution >= 0.6 is 23.2 Å². The van der Waals surface area contributed by atoms with Crippen LogP contribution in [-0.2, 0) is 17.8 Å². The second kappa shape index (κ2) is 46.5. The van der Waals surface area contributed by atoms with Gasteiger partial charge < -0.3 is 18.9 Å². The first-order valence-electron chi connectivity index (χ1n) is 28.8. The third-order valence-corrected chi connectivity index (χ3v) is 13.6. The molecule has 0 aliphatic heterocycles. The van der Waals surface area contributed by atoms with Gasteiger partial charge in [0.2, 0.25) is 10.6 Å². The maximum Gasteiger partial charge on any atom is 0.322 e. The minimum absolute atomic E-state index is 0.0107. The average Bonchev–Trinajstić information content (AvgIpc) is 3.32. The van der Waals surface area contributed by atoms with Gasteiger partial charge in [-0.2, -0.15) is 15.0 Å². The Hall–Kier alpha value is -1.83. The van der Waals surface area contributed by atoms with Gasteiger partial charge in [-0.3, -0.25) is 0 Å². The molecule has 2 aromatic rings. The Labute approximate surface area is 423 Å². The van der Waals surface area contributed by atoms with Gasteiger partial charge in [-0.25, -0.2) is 0 Å². The first-order chi connectivity index (χ1) is 33.1. The second-order valence-corrected chi connectivity index (χ2v) is 20.3. The minimum atomic E-state index is 0.0107. The van der Waals surface area contributed by atoms with E-state index >= 15 is 0 Å². The molecule has 0 saturated carbocycles. The predicted molar refractivity (Wildman–Crippen MR) is 288 cm³/mol. The van der Waals surface area contributed by atoms with E-state index in [1.165, 1.54) is 237 Å². The zero-order chi connectivity index (χ0) is 47.9. The number of halogens is 2. The number of hydrogen-bond acceptors (Lipinski definition) is 7. The fourth-order valence-electron chi connectivity index (χ4n) is 9.04. The molecule has 0 radical (unpaired) electrons. The molecule has 9 heteroatoms. The van der Waals surface area contributed by atoms with Gasteiger partial charge in [0.1, 0.15) is 18.1 Å². The molecule has 0 spiro atoms. The average molecular weight is 977 g/mol. The van der Waals surface area contributed by atoms with Crippen molar-refractivity contribution in [3.63, 3.8) is 0 Å². The SMILES string of the molecule is CCCCCCCCCCCCCCCCOc1cc(COc2nc(Cl)nc(Cl)n2)cc(OCCCCCCCCCCCCCCCC)c1CCCCCCCCOCCCCCCCC. The van der Waals surface area contributed by atoms with Crippen molar-refractivity contribution in [1.82, 2.24) is 15.0 Å². The maximum absolute atomic E-state index is 6.69. The highest BCUT2D eigenvalue weighted by Gasteiger charge is 2.16. The molecular formula is C58H103Cl2N3O4. The molecule has 0 amide bonds. The number of benzene rings is 1. The van der Waals surface area contributed by atoms with Crippen molar-refractivity contribution < 1.29 is 18.9 Å². The van der Waals surface area contributed by atoms with Crippen molar-refractivity contribution in [1.29, 1.82) is 0 Å². The lowest BCUT2D eigenvalue weighted by Crippen LogP contribution is -2.08. The number of rotatable bonds is 51. The van der Waals surface area contributed by atoms with Crippen LogP contribution in [0.15, 0.2) is 12.1 Å². The molecule has 0 N–H and O–H groups in total. The van der Waals surface area contributed by atoms with Gasteiger partial charge in [0.05, 0.1) is 13.2 Å². The van der Waals surface area contributed by atoms with Crippen LogP contribution in [0.5, 0.6) is 17.5 Å². The van der Waals surface area contributed by atoms with E-state index in [4.69, 9.17) is 42.1 Å². The van der Waals surface area contributed by atoms with Gasteiger partial charge in [-0.15, -0.1) is 0 Å². The number of ether oxygens (including phenoxy) is 4. The smallest absolute Gasteiger partial charge is 0.322 e. The van der Waals surface area contributed by atoms with E-state index < -0.39 is 0 Å². The maximum atomic E-state index is 6.69. The Balaban J connectivity index is 1.93. The van der Waals surface area contributed by atoms with Crippen LogP contribution in [0.2, 0.25) is 10.6 Å². The van der Waals surface area contributed by atoms with E-state index in [0.29, 0.717) is 13.2 Å². The van der Waals surface area contributed by atoms with Crippen LogP contribution < -0.4 is 14.2 Å². The number of unbranched alkanes of at least 4 members (excludes halogenated alkanes) is 36. The van der Waals surface area contributed by atoms with Gasteiger partial charge in [0.25, 0.3) is 0 Å². The number of aromatic nitrogens is 3. The Morgan fingerprint density at radius 3 is 0.985 bits per heavy atom. The molecule has 0 unspecified atom stereocenters. The summed E-state index contributed by atoms with van der Waals surface area (Å²) in [5.41, 5.74) is 2.14. The molecule has 0 fully saturated rings. The quantitative estimate of drug-likeness (QED) is 0.0611. The van der Waals surface area contributed by atoms with Crippen LogP contribution in [0.25, 0.3) is 0 Å². The molecule has 388 valence electrons. The Bertz CT molecular complexity index is 1310. The van der Waals surface area contributed by atoms with Crippen molar-refractivity contribution in [3.8, 4) is 17.5 Å². The zero-order valence-corrected chi connectivity index (χ0v) is 45.4. The summed E-state index contributed by atoms with van der Waals surface area (Å²) in [7, 11) is 0. The van der Waals surface area contributed by atoms with Gasteiger partial charge in [-0.1, -0.05) is 245 Å². The lowest BCUT2D eigenvalue weighted by Gasteiger charge is -2.19. The number of hydrogen-bond donors (Lipinski definition) is 0. The van der Waals surface area contributed by atoms with Crippen LogP contribution in [0.4, 0.5) is 0 Å². The molecule has 1 aromatic carbocycles. The molecule has 0 aliphatic rings. The zero-order valence-electron chi connectivity index (χ0n) is 43.9. The molecule has 1 aromatic heterocycles. The highest BCUT2D eigenvalue weighted by Crippen LogP contribution is 2.34. The summed E-state index contributed by atoms with van der Waals surface area (Å²) in [6.07, 6.45) is 53.6. The minimum Gasteiger partial charge on any atom is -0.493 e. The van der Waals surface area contributed by atoms with Crippen LogP contribution in [-0.4, -0.2) is 41.4 Å². The first kappa shape index (κ1) is 61.3. The first-order valence-corrected chi connectivity index (χ1v) is 29.5. The fraction of sp³-hybridized carbons (Fsp3) is 0.845. The van der Waals surface area contributed by atoms with Crippen molar-refractivity contribution >= 4 is 23.2 Å². The molecule has 1 heterocycles. The van der Waals surface area contributed by atoms with Gasteiger partial charge in [0.15, 0.2) is 0 Å². The van der Waals surface area contributed by atoms with Crippen molar-refractivity contribution in [2.45, 2.75) is 291 Å². The molecule has 0 saturated heterocycles. The largest absolute Gasteiger partial charge is 0.493 e. The Kier molecular flexibility index (Phi) is 42.6. The van der Waals surface area contributed by atoms with E-state index in [1.54, 1.807) is 0 Å². The summed E-state index contributed by atoms with van der Waals surface area (Å²) >= 11 is 12.1. The molecule has 7 nitrogen and oxygen atoms in total. The Morgan fingerprint density at radius 2 is 0.642 bits per heavy atom. The molecule has 0 bridgehead atoms. The molecule has 2 rings (SSSR count). The lowest BCUT2D eigenvalue weighted by atomic mass is 10.0. The normalized spacial score (nSPS) is 11.5. The van der Waals surface area contributed by atoms with E-state index in [0.717, 1.165) is 62.4 Å². The molecule has 0 aliphatic carbocycles. The topological polar surface area (TPSA) is 75.6 Å². The number of nitrogens with zero attached hydrogens (tertiary/aromatic N) is 3. The van der Waals surface area contributed by atoms with E-state index in [2.05, 4.69) is 47.9 Å². The summed E-state index contributed by atoms with van der Waals surface area (Å²) in [4.78, 5) is 12.1. The summed E-state index contributed by atoms with van der Waals surface area (Å²) in [5.74, 6) is 1.84. The lowest BCUT2D eigenvalue weighted by molar-refractivity contribution is 0.125. The van der Waals surface area contributed by atoms with Crippen molar-refractivity contribution in [2.75, 3.05) is 26.4 Å². The van der Waals surface area contributed by atoms with E-state index in [1.807, 2.05) is 0 Å². The summed E-state index contributed by atoms with van der Waals surface area (Å²) < 4.78 is 25.3. The monoisotopic (exact) mass is 976 g/mol. The standard InChI is InChI=1S/C58H103Cl2N3O4/c1-4-7-10-13-16-18-20-22-24-26-28-31-37-42-47-65-54-49-52(51-67-58-62-56(59)61-57(60)63-58)50-55(66-48-43-38-32-29-27-25-23-21-19-17-14-11-8-5-2)53(54)44-39-34-30-33-36-41-46-64-45-40-35-15-12-9-6-3/h49-50H,4-48,51H2,1-3H3. The van der Waals surface area contributed by atoms with E-state index in [-0.39, 0.29) is 23.2 Å². The third-order valence-electron chi connectivity index (χ3n) is 13.3. The van der Waals surface area contributed by atoms with Crippen molar-refractivity contribution in [3.05, 3.63) is 33.8 Å². The van der Waals surface area contributed by atoms with Crippen LogP contribution in [0.1, 0.15) is 289 Å². The highest BCUT2D eigenvalue weighted by molar-refractivity contribution is 6.31. The summed E-state index contributed by atoms with van der Waals surface area (Å²) in [6.45, 7) is 10.3. The van der Waals surface area contributed by atoms with Gasteiger partial charge in [-0.05, 0) is 79.4 Å². The highest BCUT2D eigenvalue weighted by atomic mass is 35.5. The van der Waals surface area contributed by atoms with Gasteiger partial charge >= 0.3 is 6.01 Å². The third kappa shape index (κ3) is 36.7. The van der Waals surface area contributed by atoms with Gasteiger partial charge in [0, 0.05) is 18.8 Å². The fourth-order valence-corrected chi connectivity index (χ4v) is 9.39. The summed E-state index contributed by atoms with van der Waals surface area (Å²) in [5, 5.41) is 0.0214. The molecular weight excluding hydrogens is 874 g/mol. The molecule has 0 atom stereocenters. The predicted octanol–water partition coefficient (Wildman–Crippen LogP) is 19.7. The van der Waals surface area contributed by atoms with E-state index in [9.17, 15) is 0 Å². The second-order valence-electron chi connectivity index (χ2n) is 19.7. The van der Waals surface area contributed by atoms with Crippen LogP contribution in [0, 0.1) is 0 Å².